The van der Waals surface area contributed by atoms with Crippen molar-refractivity contribution in [3.05, 3.63) is 0 Å². The Hall–Kier alpha value is -2.08. The Bertz CT molecular complexity index is 436. The summed E-state index contributed by atoms with van der Waals surface area (Å²) in [5.41, 5.74) is 9.53. The molecule has 186 valence electrons. The third-order valence-electron chi connectivity index (χ3n) is 3.46. The zero-order chi connectivity index (χ0) is 25.2. The van der Waals surface area contributed by atoms with E-state index >= 15 is 0 Å². The van der Waals surface area contributed by atoms with Gasteiger partial charge in [0.05, 0.1) is 19.2 Å². The highest BCUT2D eigenvalue weighted by molar-refractivity contribution is 5.87. The van der Waals surface area contributed by atoms with Crippen LogP contribution in [0.15, 0.2) is 0 Å². The molecule has 0 aromatic rings. The lowest BCUT2D eigenvalue weighted by atomic mass is 10.2. The van der Waals surface area contributed by atoms with Crippen molar-refractivity contribution in [3.63, 3.8) is 0 Å². The van der Waals surface area contributed by atoms with Crippen LogP contribution in [0.2, 0.25) is 0 Å². The second-order valence-corrected chi connectivity index (χ2v) is 6.15. The highest BCUT2D eigenvalue weighted by atomic mass is 16.3. The SMILES string of the molecule is CCCN.CCCN(C=O)CC(=O)N(CCC)CC(=O)NC(C=O)C(C)O.CN.CO. The van der Waals surface area contributed by atoms with E-state index in [9.17, 15) is 24.3 Å². The molecular weight excluding hydrogens is 406 g/mol. The van der Waals surface area contributed by atoms with Gasteiger partial charge in [0, 0.05) is 20.2 Å². The second kappa shape index (κ2) is 27.9. The van der Waals surface area contributed by atoms with Crippen molar-refractivity contribution in [2.24, 2.45) is 11.5 Å². The molecule has 0 rings (SSSR count). The molecule has 0 fully saturated rings. The summed E-state index contributed by atoms with van der Waals surface area (Å²) in [5.74, 6) is -0.861. The number of nitrogens with one attached hydrogen (secondary N) is 1. The quantitative estimate of drug-likeness (QED) is 0.214. The Labute approximate surface area is 187 Å². The minimum absolute atomic E-state index is 0.0852. The summed E-state index contributed by atoms with van der Waals surface area (Å²) in [5, 5.41) is 18.7. The molecule has 2 atom stereocenters. The molecule has 0 aromatic carbocycles. The highest BCUT2D eigenvalue weighted by Crippen LogP contribution is 1.98. The van der Waals surface area contributed by atoms with E-state index in [0.717, 1.165) is 26.5 Å². The summed E-state index contributed by atoms with van der Waals surface area (Å²) in [6.45, 7) is 8.56. The van der Waals surface area contributed by atoms with Gasteiger partial charge < -0.3 is 41.6 Å². The van der Waals surface area contributed by atoms with Crippen molar-refractivity contribution in [1.29, 1.82) is 0 Å². The van der Waals surface area contributed by atoms with Crippen molar-refractivity contribution < 1.29 is 29.4 Å². The van der Waals surface area contributed by atoms with Crippen LogP contribution in [0.4, 0.5) is 0 Å². The van der Waals surface area contributed by atoms with Crippen molar-refractivity contribution in [1.82, 2.24) is 15.1 Å². The zero-order valence-corrected chi connectivity index (χ0v) is 20.0. The minimum Gasteiger partial charge on any atom is -0.400 e. The lowest BCUT2D eigenvalue weighted by Gasteiger charge is -2.25. The maximum atomic E-state index is 12.2. The normalized spacial score (nSPS) is 10.9. The first-order chi connectivity index (χ1) is 14.8. The van der Waals surface area contributed by atoms with Gasteiger partial charge in [0.1, 0.15) is 12.3 Å². The molecule has 0 spiro atoms. The van der Waals surface area contributed by atoms with Crippen LogP contribution in [-0.2, 0) is 19.2 Å². The largest absolute Gasteiger partial charge is 0.400 e. The van der Waals surface area contributed by atoms with Gasteiger partial charge in [0.2, 0.25) is 18.2 Å². The van der Waals surface area contributed by atoms with E-state index in [2.05, 4.69) is 18.0 Å². The van der Waals surface area contributed by atoms with Crippen molar-refractivity contribution in [2.75, 3.05) is 46.9 Å². The number of aldehydes is 1. The van der Waals surface area contributed by atoms with E-state index in [1.165, 1.54) is 23.8 Å². The molecule has 0 aliphatic carbocycles. The maximum absolute atomic E-state index is 12.2. The Kier molecular flexibility index (Phi) is 32.7. The monoisotopic (exact) mass is 451 g/mol. The molecule has 11 nitrogen and oxygen atoms in total. The number of amides is 3. The van der Waals surface area contributed by atoms with Crippen molar-refractivity contribution in [2.45, 2.75) is 59.1 Å². The van der Waals surface area contributed by atoms with Gasteiger partial charge in [-0.25, -0.2) is 0 Å². The van der Waals surface area contributed by atoms with Crippen LogP contribution >= 0.6 is 0 Å². The maximum Gasteiger partial charge on any atom is 0.242 e. The fraction of sp³-hybridized carbons (Fsp3) is 0.800. The summed E-state index contributed by atoms with van der Waals surface area (Å²) < 4.78 is 0. The predicted molar refractivity (Wildman–Crippen MR) is 122 cm³/mol. The first-order valence-electron chi connectivity index (χ1n) is 10.4. The van der Waals surface area contributed by atoms with Crippen LogP contribution in [0.1, 0.15) is 47.0 Å². The smallest absolute Gasteiger partial charge is 0.242 e. The number of aliphatic hydroxyl groups excluding tert-OH is 2. The number of carbonyl (C=O) groups is 4. The number of aliphatic hydroxyl groups is 2. The number of carbonyl (C=O) groups excluding carboxylic acids is 4. The summed E-state index contributed by atoms with van der Waals surface area (Å²) in [4.78, 5) is 48.5. The number of nitrogens with two attached hydrogens (primary N) is 2. The second-order valence-electron chi connectivity index (χ2n) is 6.15. The van der Waals surface area contributed by atoms with Gasteiger partial charge in [0.25, 0.3) is 0 Å². The summed E-state index contributed by atoms with van der Waals surface area (Å²) in [6, 6.07) is -1.01. The van der Waals surface area contributed by atoms with E-state index in [4.69, 9.17) is 10.8 Å². The Balaban J connectivity index is -0.000000396. The van der Waals surface area contributed by atoms with Gasteiger partial charge in [-0.1, -0.05) is 20.8 Å². The number of rotatable bonds is 13. The van der Waals surface area contributed by atoms with E-state index < -0.39 is 18.1 Å². The molecule has 3 amide bonds. The molecule has 31 heavy (non-hydrogen) atoms. The van der Waals surface area contributed by atoms with Crippen molar-refractivity contribution >= 4 is 24.5 Å². The average Bonchev–Trinajstić information content (AvgIpc) is 2.79. The average molecular weight is 452 g/mol. The third-order valence-corrected chi connectivity index (χ3v) is 3.46. The third kappa shape index (κ3) is 22.4. The molecule has 0 saturated heterocycles. The van der Waals surface area contributed by atoms with E-state index in [1.54, 1.807) is 0 Å². The summed E-state index contributed by atoms with van der Waals surface area (Å²) in [6.07, 6.45) is 2.53. The lowest BCUT2D eigenvalue weighted by molar-refractivity contribution is -0.139. The number of hydrogen-bond acceptors (Lipinski definition) is 8. The Morgan fingerprint density at radius 2 is 1.48 bits per heavy atom. The highest BCUT2D eigenvalue weighted by Gasteiger charge is 2.21. The van der Waals surface area contributed by atoms with E-state index in [-0.39, 0.29) is 19.0 Å². The molecular formula is C20H45N5O6. The first kappa shape index (κ1) is 36.3. The van der Waals surface area contributed by atoms with Gasteiger partial charge in [0.15, 0.2) is 0 Å². The van der Waals surface area contributed by atoms with Gasteiger partial charge in [-0.15, -0.1) is 0 Å². The first-order valence-corrected chi connectivity index (χ1v) is 10.4. The van der Waals surface area contributed by atoms with Crippen LogP contribution in [0, 0.1) is 0 Å². The van der Waals surface area contributed by atoms with Gasteiger partial charge >= 0.3 is 0 Å². The van der Waals surface area contributed by atoms with Crippen LogP contribution in [0.25, 0.3) is 0 Å². The Morgan fingerprint density at radius 3 is 1.81 bits per heavy atom. The van der Waals surface area contributed by atoms with Crippen molar-refractivity contribution in [3.8, 4) is 0 Å². The fourth-order valence-corrected chi connectivity index (χ4v) is 1.97. The molecule has 0 aromatic heterocycles. The Morgan fingerprint density at radius 1 is 1.00 bits per heavy atom. The summed E-state index contributed by atoms with van der Waals surface area (Å²) in [7, 11) is 2.50. The molecule has 0 radical (unpaired) electrons. The molecule has 2 unspecified atom stereocenters. The van der Waals surface area contributed by atoms with E-state index in [0.29, 0.717) is 32.2 Å². The number of hydrogen-bond donors (Lipinski definition) is 5. The standard InChI is InChI=1S/C15H27N3O5.C3H9N.CH5N.CH4O/c1-4-6-17(11-20)9-15(23)18(7-5-2)8-14(22)16-13(10-19)12(3)21;1-2-3-4;2*1-2/h10-13,21H,4-9H2,1-3H3,(H,16,22);2-4H2,1H3;2H2,1H3;2H,1H3. The van der Waals surface area contributed by atoms with Crippen LogP contribution < -0.4 is 16.8 Å². The molecule has 7 N–H and O–H groups in total. The lowest BCUT2D eigenvalue weighted by Crippen LogP contribution is -2.50. The van der Waals surface area contributed by atoms with Crippen LogP contribution in [-0.4, -0.2) is 104 Å². The molecule has 0 aliphatic heterocycles. The van der Waals surface area contributed by atoms with Gasteiger partial charge in [-0.2, -0.15) is 0 Å². The van der Waals surface area contributed by atoms with Gasteiger partial charge in [-0.05, 0) is 39.8 Å². The summed E-state index contributed by atoms with van der Waals surface area (Å²) >= 11 is 0. The van der Waals surface area contributed by atoms with Gasteiger partial charge in [-0.3, -0.25) is 14.4 Å². The zero-order valence-electron chi connectivity index (χ0n) is 20.0. The molecule has 0 heterocycles. The van der Waals surface area contributed by atoms with E-state index in [1.807, 2.05) is 13.8 Å². The minimum atomic E-state index is -1.01. The molecule has 0 saturated carbocycles. The number of nitrogens with zero attached hydrogens (tertiary/aromatic N) is 2. The predicted octanol–water partition coefficient (Wildman–Crippen LogP) is -1.30. The van der Waals surface area contributed by atoms with Crippen LogP contribution in [0.3, 0.4) is 0 Å². The van der Waals surface area contributed by atoms with Crippen LogP contribution in [0.5, 0.6) is 0 Å². The topological polar surface area (TPSA) is 179 Å². The molecule has 0 aliphatic rings. The molecule has 0 bridgehead atoms. The fourth-order valence-electron chi connectivity index (χ4n) is 1.97. The molecule has 11 heteroatoms.